The zero-order chi connectivity index (χ0) is 15.8. The molecule has 1 aromatic rings. The summed E-state index contributed by atoms with van der Waals surface area (Å²) in [4.78, 5) is 14.2. The third kappa shape index (κ3) is 7.60. The van der Waals surface area contributed by atoms with Gasteiger partial charge in [0.25, 0.3) is 0 Å². The Morgan fingerprint density at radius 3 is 2.52 bits per heavy atom. The predicted octanol–water partition coefficient (Wildman–Crippen LogP) is 2.95. The zero-order valence-electron chi connectivity index (χ0n) is 13.3. The van der Waals surface area contributed by atoms with E-state index in [2.05, 4.69) is 59.4 Å². The number of rotatable bonds is 8. The molecule has 0 aliphatic heterocycles. The van der Waals surface area contributed by atoms with E-state index < -0.39 is 0 Å². The van der Waals surface area contributed by atoms with Crippen molar-refractivity contribution in [1.29, 1.82) is 0 Å². The fourth-order valence-corrected chi connectivity index (χ4v) is 2.61. The standard InChI is InChI=1S/C16H26BrN3O/c1-12(2)9-13(11-20(3)4)18-10-16(21)19-15-8-6-5-7-14(15)17/h5-8,12-13,18H,9-11H2,1-4H3,(H,19,21). The number of hydrogen-bond acceptors (Lipinski definition) is 3. The molecule has 4 nitrogen and oxygen atoms in total. The van der Waals surface area contributed by atoms with E-state index in [9.17, 15) is 4.79 Å². The van der Waals surface area contributed by atoms with E-state index in [1.807, 2.05) is 24.3 Å². The van der Waals surface area contributed by atoms with E-state index in [0.29, 0.717) is 18.5 Å². The van der Waals surface area contributed by atoms with Gasteiger partial charge in [0, 0.05) is 17.1 Å². The van der Waals surface area contributed by atoms with Gasteiger partial charge in [0.1, 0.15) is 0 Å². The summed E-state index contributed by atoms with van der Waals surface area (Å²) in [6.45, 7) is 5.66. The van der Waals surface area contributed by atoms with Crippen molar-refractivity contribution in [2.24, 2.45) is 5.92 Å². The summed E-state index contributed by atoms with van der Waals surface area (Å²) in [5.41, 5.74) is 0.803. The number of benzene rings is 1. The SMILES string of the molecule is CC(C)CC(CN(C)C)NCC(=O)Nc1ccccc1Br. The lowest BCUT2D eigenvalue weighted by Gasteiger charge is -2.23. The summed E-state index contributed by atoms with van der Waals surface area (Å²) in [6, 6.07) is 7.95. The van der Waals surface area contributed by atoms with E-state index in [4.69, 9.17) is 0 Å². The number of halogens is 1. The molecule has 1 unspecified atom stereocenters. The summed E-state index contributed by atoms with van der Waals surface area (Å²) in [7, 11) is 4.10. The Bertz CT molecular complexity index is 439. The Balaban J connectivity index is 2.47. The summed E-state index contributed by atoms with van der Waals surface area (Å²) in [5, 5.41) is 6.26. The molecule has 0 fully saturated rings. The fourth-order valence-electron chi connectivity index (χ4n) is 2.23. The van der Waals surface area contributed by atoms with Gasteiger partial charge in [-0.3, -0.25) is 4.79 Å². The van der Waals surface area contributed by atoms with Crippen molar-refractivity contribution in [3.8, 4) is 0 Å². The molecule has 0 saturated heterocycles. The Morgan fingerprint density at radius 1 is 1.29 bits per heavy atom. The van der Waals surface area contributed by atoms with Crippen molar-refractivity contribution < 1.29 is 4.79 Å². The first-order valence-corrected chi connectivity index (χ1v) is 8.10. The number of carbonyl (C=O) groups excluding carboxylic acids is 1. The molecule has 0 aliphatic rings. The molecular formula is C16H26BrN3O. The molecule has 0 aliphatic carbocycles. The van der Waals surface area contributed by atoms with E-state index in [0.717, 1.165) is 23.1 Å². The van der Waals surface area contributed by atoms with Crippen LogP contribution in [0, 0.1) is 5.92 Å². The zero-order valence-corrected chi connectivity index (χ0v) is 14.9. The monoisotopic (exact) mass is 355 g/mol. The second kappa shape index (κ2) is 9.18. The number of likely N-dealkylation sites (N-methyl/N-ethyl adjacent to an activating group) is 1. The third-order valence-electron chi connectivity index (χ3n) is 3.04. The van der Waals surface area contributed by atoms with Crippen molar-refractivity contribution >= 4 is 27.5 Å². The summed E-state index contributed by atoms with van der Waals surface area (Å²) in [5.74, 6) is 0.586. The second-order valence-corrected chi connectivity index (χ2v) is 6.85. The van der Waals surface area contributed by atoms with Crippen molar-refractivity contribution in [3.63, 3.8) is 0 Å². The molecule has 1 amide bonds. The average Bonchev–Trinajstić information content (AvgIpc) is 2.37. The molecule has 0 heterocycles. The third-order valence-corrected chi connectivity index (χ3v) is 3.73. The number of nitrogens with one attached hydrogen (secondary N) is 2. The van der Waals surface area contributed by atoms with E-state index in [-0.39, 0.29) is 5.91 Å². The Morgan fingerprint density at radius 2 is 1.95 bits per heavy atom. The van der Waals surface area contributed by atoms with Crippen LogP contribution in [0.5, 0.6) is 0 Å². The first kappa shape index (κ1) is 18.1. The van der Waals surface area contributed by atoms with Crippen LogP contribution in [0.25, 0.3) is 0 Å². The highest BCUT2D eigenvalue weighted by molar-refractivity contribution is 9.10. The molecule has 0 spiro atoms. The van der Waals surface area contributed by atoms with Crippen LogP contribution in [0.4, 0.5) is 5.69 Å². The number of para-hydroxylation sites is 1. The van der Waals surface area contributed by atoms with E-state index in [1.165, 1.54) is 0 Å². The maximum absolute atomic E-state index is 12.0. The van der Waals surface area contributed by atoms with Gasteiger partial charge in [-0.25, -0.2) is 0 Å². The normalized spacial score (nSPS) is 12.7. The lowest BCUT2D eigenvalue weighted by Crippen LogP contribution is -2.42. The van der Waals surface area contributed by atoms with Crippen LogP contribution in [0.15, 0.2) is 28.7 Å². The minimum absolute atomic E-state index is 0.0191. The van der Waals surface area contributed by atoms with Crippen molar-refractivity contribution in [1.82, 2.24) is 10.2 Å². The summed E-state index contributed by atoms with van der Waals surface area (Å²) in [6.07, 6.45) is 1.06. The van der Waals surface area contributed by atoms with Crippen LogP contribution in [-0.2, 0) is 4.79 Å². The van der Waals surface area contributed by atoms with Gasteiger partial charge in [-0.2, -0.15) is 0 Å². The van der Waals surface area contributed by atoms with E-state index in [1.54, 1.807) is 0 Å². The molecule has 0 aromatic heterocycles. The highest BCUT2D eigenvalue weighted by Gasteiger charge is 2.13. The lowest BCUT2D eigenvalue weighted by atomic mass is 10.0. The van der Waals surface area contributed by atoms with Crippen LogP contribution in [0.3, 0.4) is 0 Å². The lowest BCUT2D eigenvalue weighted by molar-refractivity contribution is -0.115. The smallest absolute Gasteiger partial charge is 0.238 e. The van der Waals surface area contributed by atoms with Crippen LogP contribution >= 0.6 is 15.9 Å². The quantitative estimate of drug-likeness (QED) is 0.753. The van der Waals surface area contributed by atoms with Crippen LogP contribution in [0.1, 0.15) is 20.3 Å². The molecule has 21 heavy (non-hydrogen) atoms. The minimum Gasteiger partial charge on any atom is -0.324 e. The summed E-state index contributed by atoms with van der Waals surface area (Å²) < 4.78 is 0.894. The van der Waals surface area contributed by atoms with Gasteiger partial charge in [0.15, 0.2) is 0 Å². The highest BCUT2D eigenvalue weighted by atomic mass is 79.9. The van der Waals surface area contributed by atoms with E-state index >= 15 is 0 Å². The molecule has 0 radical (unpaired) electrons. The van der Waals surface area contributed by atoms with Crippen LogP contribution in [-0.4, -0.2) is 44.0 Å². The first-order chi connectivity index (χ1) is 9.88. The Labute approximate surface area is 136 Å². The van der Waals surface area contributed by atoms with Gasteiger partial charge in [0.05, 0.1) is 12.2 Å². The predicted molar refractivity (Wildman–Crippen MR) is 92.6 cm³/mol. The molecule has 118 valence electrons. The number of nitrogens with zero attached hydrogens (tertiary/aromatic N) is 1. The number of hydrogen-bond donors (Lipinski definition) is 2. The Kier molecular flexibility index (Phi) is 7.93. The Hall–Kier alpha value is -0.910. The molecule has 1 aromatic carbocycles. The number of anilines is 1. The molecule has 1 rings (SSSR count). The summed E-state index contributed by atoms with van der Waals surface area (Å²) >= 11 is 3.43. The van der Waals surface area contributed by atoms with Gasteiger partial charge in [-0.05, 0) is 54.5 Å². The van der Waals surface area contributed by atoms with Crippen molar-refractivity contribution in [3.05, 3.63) is 28.7 Å². The minimum atomic E-state index is -0.0191. The van der Waals surface area contributed by atoms with Gasteiger partial charge in [0.2, 0.25) is 5.91 Å². The van der Waals surface area contributed by atoms with Gasteiger partial charge in [-0.1, -0.05) is 26.0 Å². The van der Waals surface area contributed by atoms with Crippen LogP contribution < -0.4 is 10.6 Å². The number of carbonyl (C=O) groups is 1. The molecule has 2 N–H and O–H groups in total. The van der Waals surface area contributed by atoms with Crippen molar-refractivity contribution in [2.75, 3.05) is 32.5 Å². The molecule has 5 heteroatoms. The van der Waals surface area contributed by atoms with Crippen LogP contribution in [0.2, 0.25) is 0 Å². The molecule has 0 saturated carbocycles. The fraction of sp³-hybridized carbons (Fsp3) is 0.562. The van der Waals surface area contributed by atoms with Crippen molar-refractivity contribution in [2.45, 2.75) is 26.3 Å². The topological polar surface area (TPSA) is 44.4 Å². The van der Waals surface area contributed by atoms with Gasteiger partial charge in [-0.15, -0.1) is 0 Å². The average molecular weight is 356 g/mol. The van der Waals surface area contributed by atoms with Gasteiger partial charge < -0.3 is 15.5 Å². The maximum Gasteiger partial charge on any atom is 0.238 e. The molecule has 0 bridgehead atoms. The molecule has 1 atom stereocenters. The number of amides is 1. The second-order valence-electron chi connectivity index (χ2n) is 6.00. The van der Waals surface area contributed by atoms with Gasteiger partial charge >= 0.3 is 0 Å². The molecular weight excluding hydrogens is 330 g/mol. The highest BCUT2D eigenvalue weighted by Crippen LogP contribution is 2.20. The largest absolute Gasteiger partial charge is 0.324 e. The first-order valence-electron chi connectivity index (χ1n) is 7.31. The maximum atomic E-state index is 12.0.